The Balaban J connectivity index is 2.58. The number of amides is 1. The molecule has 1 amide bonds. The van der Waals surface area contributed by atoms with Crippen LogP contribution in [0, 0.1) is 0 Å². The van der Waals surface area contributed by atoms with Gasteiger partial charge in [0.25, 0.3) is 0 Å². The quantitative estimate of drug-likeness (QED) is 0.756. The number of carbonyl (C=O) groups excluding carboxylic acids is 1. The molecule has 0 spiro atoms. The topological polar surface area (TPSA) is 52.6 Å². The van der Waals surface area contributed by atoms with Crippen LogP contribution in [0.1, 0.15) is 24.9 Å². The first kappa shape index (κ1) is 19.7. The highest BCUT2D eigenvalue weighted by molar-refractivity contribution is 6.30. The summed E-state index contributed by atoms with van der Waals surface area (Å²) in [6.07, 6.45) is -4.21. The molecule has 0 aromatic heterocycles. The second kappa shape index (κ2) is 9.10. The maximum absolute atomic E-state index is 12.5. The third-order valence-electron chi connectivity index (χ3n) is 3.15. The predicted molar refractivity (Wildman–Crippen MR) is 82.2 cm³/mol. The molecular formula is C15H20ClF3N2O2. The van der Waals surface area contributed by atoms with E-state index in [4.69, 9.17) is 16.7 Å². The van der Waals surface area contributed by atoms with Gasteiger partial charge in [-0.25, -0.2) is 0 Å². The van der Waals surface area contributed by atoms with E-state index in [2.05, 4.69) is 5.32 Å². The molecule has 0 aliphatic heterocycles. The number of aliphatic hydroxyl groups excluding tert-OH is 1. The standard InChI is InChI=1S/C15H20ClF3N2O2/c1-11(12-3-5-13(16)6-4-12)20-14(23)9-21(7-2-8-22)10-15(17,18)19/h3-6,11,22H,2,7-10H2,1H3,(H,20,23). The van der Waals surface area contributed by atoms with Crippen LogP contribution in [0.4, 0.5) is 13.2 Å². The Bertz CT molecular complexity index is 494. The highest BCUT2D eigenvalue weighted by Crippen LogP contribution is 2.18. The Labute approximate surface area is 138 Å². The Morgan fingerprint density at radius 3 is 2.48 bits per heavy atom. The predicted octanol–water partition coefficient (Wildman–Crippen LogP) is 2.76. The normalized spacial score (nSPS) is 13.2. The largest absolute Gasteiger partial charge is 0.401 e. The van der Waals surface area contributed by atoms with Crippen LogP contribution in [0.25, 0.3) is 0 Å². The third-order valence-corrected chi connectivity index (χ3v) is 3.40. The molecular weight excluding hydrogens is 333 g/mol. The lowest BCUT2D eigenvalue weighted by Gasteiger charge is -2.24. The highest BCUT2D eigenvalue weighted by atomic mass is 35.5. The highest BCUT2D eigenvalue weighted by Gasteiger charge is 2.31. The van der Waals surface area contributed by atoms with Gasteiger partial charge in [-0.2, -0.15) is 13.2 Å². The van der Waals surface area contributed by atoms with Gasteiger partial charge in [0.2, 0.25) is 5.91 Å². The molecule has 1 aromatic rings. The lowest BCUT2D eigenvalue weighted by molar-refractivity contribution is -0.149. The molecule has 0 radical (unpaired) electrons. The number of benzene rings is 1. The lowest BCUT2D eigenvalue weighted by Crippen LogP contribution is -2.43. The van der Waals surface area contributed by atoms with Gasteiger partial charge in [0.05, 0.1) is 19.1 Å². The van der Waals surface area contributed by atoms with Crippen molar-refractivity contribution in [3.8, 4) is 0 Å². The SMILES string of the molecule is CC(NC(=O)CN(CCCO)CC(F)(F)F)c1ccc(Cl)cc1. The van der Waals surface area contributed by atoms with Gasteiger partial charge < -0.3 is 10.4 Å². The molecule has 0 aliphatic carbocycles. The first-order valence-corrected chi connectivity index (χ1v) is 7.54. The Kier molecular flexibility index (Phi) is 7.81. The summed E-state index contributed by atoms with van der Waals surface area (Å²) in [5.74, 6) is -0.505. The molecule has 0 bridgehead atoms. The second-order valence-electron chi connectivity index (χ2n) is 5.24. The first-order chi connectivity index (χ1) is 10.7. The fraction of sp³-hybridized carbons (Fsp3) is 0.533. The summed E-state index contributed by atoms with van der Waals surface area (Å²) in [6.45, 7) is -0.0495. The van der Waals surface area contributed by atoms with E-state index in [1.165, 1.54) is 0 Å². The van der Waals surface area contributed by atoms with Crippen molar-refractivity contribution in [3.05, 3.63) is 34.9 Å². The number of hydrogen-bond donors (Lipinski definition) is 2. The number of rotatable bonds is 8. The number of halogens is 4. The smallest absolute Gasteiger partial charge is 0.396 e. The van der Waals surface area contributed by atoms with Crippen LogP contribution >= 0.6 is 11.6 Å². The molecule has 0 saturated carbocycles. The number of alkyl halides is 3. The minimum atomic E-state index is -4.39. The minimum Gasteiger partial charge on any atom is -0.396 e. The summed E-state index contributed by atoms with van der Waals surface area (Å²) >= 11 is 5.78. The summed E-state index contributed by atoms with van der Waals surface area (Å²) in [4.78, 5) is 12.9. The molecule has 130 valence electrons. The average Bonchev–Trinajstić information content (AvgIpc) is 2.43. The second-order valence-corrected chi connectivity index (χ2v) is 5.68. The van der Waals surface area contributed by atoms with Gasteiger partial charge in [-0.1, -0.05) is 23.7 Å². The fourth-order valence-corrected chi connectivity index (χ4v) is 2.21. The van der Waals surface area contributed by atoms with Crippen LogP contribution in [0.3, 0.4) is 0 Å². The van der Waals surface area contributed by atoms with Crippen LogP contribution in [-0.2, 0) is 4.79 Å². The summed E-state index contributed by atoms with van der Waals surface area (Å²) in [7, 11) is 0. The van der Waals surface area contributed by atoms with E-state index in [9.17, 15) is 18.0 Å². The Morgan fingerprint density at radius 2 is 1.96 bits per heavy atom. The van der Waals surface area contributed by atoms with Gasteiger partial charge in [0.15, 0.2) is 0 Å². The van der Waals surface area contributed by atoms with Crippen molar-refractivity contribution in [1.29, 1.82) is 0 Å². The van der Waals surface area contributed by atoms with Crippen LogP contribution in [0.5, 0.6) is 0 Å². The van der Waals surface area contributed by atoms with Gasteiger partial charge in [-0.3, -0.25) is 9.69 Å². The van der Waals surface area contributed by atoms with Crippen molar-refractivity contribution in [3.63, 3.8) is 0 Å². The third kappa shape index (κ3) is 8.20. The molecule has 2 N–H and O–H groups in total. The van der Waals surface area contributed by atoms with E-state index in [0.29, 0.717) is 5.02 Å². The molecule has 4 nitrogen and oxygen atoms in total. The zero-order valence-electron chi connectivity index (χ0n) is 12.7. The summed E-state index contributed by atoms with van der Waals surface area (Å²) in [5, 5.41) is 12.0. The summed E-state index contributed by atoms with van der Waals surface area (Å²) in [5.41, 5.74) is 0.806. The van der Waals surface area contributed by atoms with Crippen molar-refractivity contribution >= 4 is 17.5 Å². The van der Waals surface area contributed by atoms with E-state index >= 15 is 0 Å². The molecule has 23 heavy (non-hydrogen) atoms. The van der Waals surface area contributed by atoms with E-state index in [-0.39, 0.29) is 32.2 Å². The molecule has 8 heteroatoms. The maximum atomic E-state index is 12.5. The van der Waals surface area contributed by atoms with Gasteiger partial charge in [-0.05, 0) is 31.0 Å². The van der Waals surface area contributed by atoms with E-state index in [1.54, 1.807) is 31.2 Å². The molecule has 0 heterocycles. The van der Waals surface area contributed by atoms with Gasteiger partial charge >= 0.3 is 6.18 Å². The van der Waals surface area contributed by atoms with Crippen LogP contribution in [0.15, 0.2) is 24.3 Å². The monoisotopic (exact) mass is 352 g/mol. The molecule has 0 fully saturated rings. The van der Waals surface area contributed by atoms with E-state index < -0.39 is 18.6 Å². The summed E-state index contributed by atoms with van der Waals surface area (Å²) in [6, 6.07) is 6.50. The van der Waals surface area contributed by atoms with Crippen LogP contribution in [0.2, 0.25) is 5.02 Å². The fourth-order valence-electron chi connectivity index (χ4n) is 2.09. The van der Waals surface area contributed by atoms with Gasteiger partial charge in [0.1, 0.15) is 0 Å². The molecule has 1 atom stereocenters. The maximum Gasteiger partial charge on any atom is 0.401 e. The van der Waals surface area contributed by atoms with Crippen molar-refractivity contribution in [2.24, 2.45) is 0 Å². The van der Waals surface area contributed by atoms with Crippen molar-refractivity contribution in [2.45, 2.75) is 25.6 Å². The molecule has 0 aliphatic rings. The molecule has 1 aromatic carbocycles. The zero-order chi connectivity index (χ0) is 17.5. The molecule has 0 saturated heterocycles. The van der Waals surface area contributed by atoms with Crippen LogP contribution in [-0.4, -0.2) is 48.3 Å². The number of aliphatic hydroxyl groups is 1. The number of carbonyl (C=O) groups is 1. The Morgan fingerprint density at radius 1 is 1.35 bits per heavy atom. The molecule has 1 unspecified atom stereocenters. The molecule has 1 rings (SSSR count). The van der Waals surface area contributed by atoms with E-state index in [0.717, 1.165) is 10.5 Å². The summed E-state index contributed by atoms with van der Waals surface area (Å²) < 4.78 is 37.5. The van der Waals surface area contributed by atoms with Gasteiger partial charge in [0, 0.05) is 18.2 Å². The van der Waals surface area contributed by atoms with E-state index in [1.807, 2.05) is 0 Å². The van der Waals surface area contributed by atoms with Crippen molar-refractivity contribution < 1.29 is 23.1 Å². The minimum absolute atomic E-state index is 0.00123. The lowest BCUT2D eigenvalue weighted by atomic mass is 10.1. The number of nitrogens with zero attached hydrogens (tertiary/aromatic N) is 1. The zero-order valence-corrected chi connectivity index (χ0v) is 13.5. The number of hydrogen-bond acceptors (Lipinski definition) is 3. The van der Waals surface area contributed by atoms with Crippen molar-refractivity contribution in [1.82, 2.24) is 10.2 Å². The Hall–Kier alpha value is -1.31. The average molecular weight is 353 g/mol. The number of nitrogens with one attached hydrogen (secondary N) is 1. The first-order valence-electron chi connectivity index (χ1n) is 7.16. The van der Waals surface area contributed by atoms with Gasteiger partial charge in [-0.15, -0.1) is 0 Å². The van der Waals surface area contributed by atoms with Crippen LogP contribution < -0.4 is 5.32 Å². The van der Waals surface area contributed by atoms with Crippen molar-refractivity contribution in [2.75, 3.05) is 26.2 Å².